The monoisotopic (exact) mass is 255 g/mol. The summed E-state index contributed by atoms with van der Waals surface area (Å²) in [6, 6.07) is 0.294. The summed E-state index contributed by atoms with van der Waals surface area (Å²) in [6.07, 6.45) is 5.20. The van der Waals surface area contributed by atoms with Crippen molar-refractivity contribution in [2.24, 2.45) is 11.3 Å². The van der Waals surface area contributed by atoms with Gasteiger partial charge in [-0.2, -0.15) is 0 Å². The van der Waals surface area contributed by atoms with Crippen LogP contribution in [-0.4, -0.2) is 51.3 Å². The largest absolute Gasteiger partial charge is 0.469 e. The van der Waals surface area contributed by atoms with E-state index in [9.17, 15) is 4.79 Å². The second-order valence-electron chi connectivity index (χ2n) is 5.86. The van der Waals surface area contributed by atoms with Crippen molar-refractivity contribution in [3.8, 4) is 0 Å². The van der Waals surface area contributed by atoms with Crippen LogP contribution in [0.15, 0.2) is 0 Å². The summed E-state index contributed by atoms with van der Waals surface area (Å²) in [5.74, 6) is 0.534. The molecular weight excluding hydrogens is 230 g/mol. The molecule has 1 aliphatic carbocycles. The van der Waals surface area contributed by atoms with Gasteiger partial charge in [-0.05, 0) is 45.7 Å². The van der Waals surface area contributed by atoms with Gasteiger partial charge in [-0.15, -0.1) is 0 Å². The van der Waals surface area contributed by atoms with Gasteiger partial charge < -0.3 is 14.4 Å². The van der Waals surface area contributed by atoms with E-state index in [2.05, 4.69) is 19.0 Å². The highest BCUT2D eigenvalue weighted by Crippen LogP contribution is 2.50. The van der Waals surface area contributed by atoms with Crippen LogP contribution < -0.4 is 0 Å². The first-order valence-electron chi connectivity index (χ1n) is 6.94. The molecule has 0 amide bonds. The zero-order chi connectivity index (χ0) is 13.2. The standard InChI is InChI=1S/C14H25NO3/c1-15(2)12(11-5-9-18-10-6-11)14(7-4-8-14)13(16)17-3/h11-12H,4-10H2,1-3H3. The lowest BCUT2D eigenvalue weighted by atomic mass is 9.59. The molecule has 0 bridgehead atoms. The van der Waals surface area contributed by atoms with E-state index >= 15 is 0 Å². The van der Waals surface area contributed by atoms with E-state index in [0.717, 1.165) is 45.3 Å². The molecule has 0 aromatic carbocycles. The molecule has 1 unspecified atom stereocenters. The van der Waals surface area contributed by atoms with Crippen LogP contribution in [0.4, 0.5) is 0 Å². The third-order valence-corrected chi connectivity index (χ3v) is 4.67. The van der Waals surface area contributed by atoms with Crippen molar-refractivity contribution >= 4 is 5.97 Å². The van der Waals surface area contributed by atoms with E-state index < -0.39 is 0 Å². The van der Waals surface area contributed by atoms with Gasteiger partial charge in [0, 0.05) is 19.3 Å². The van der Waals surface area contributed by atoms with Crippen molar-refractivity contribution in [2.75, 3.05) is 34.4 Å². The number of esters is 1. The Morgan fingerprint density at radius 1 is 1.33 bits per heavy atom. The first-order valence-corrected chi connectivity index (χ1v) is 6.94. The average molecular weight is 255 g/mol. The number of carbonyl (C=O) groups excluding carboxylic acids is 1. The normalized spacial score (nSPS) is 25.6. The van der Waals surface area contributed by atoms with Crippen molar-refractivity contribution in [2.45, 2.75) is 38.1 Å². The van der Waals surface area contributed by atoms with Gasteiger partial charge in [0.15, 0.2) is 0 Å². The maximum atomic E-state index is 12.2. The molecule has 1 atom stereocenters. The lowest BCUT2D eigenvalue weighted by molar-refractivity contribution is -0.168. The van der Waals surface area contributed by atoms with Gasteiger partial charge in [0.2, 0.25) is 0 Å². The predicted octanol–water partition coefficient (Wildman–Crippen LogP) is 1.69. The van der Waals surface area contributed by atoms with Gasteiger partial charge in [-0.3, -0.25) is 4.79 Å². The molecule has 2 rings (SSSR count). The van der Waals surface area contributed by atoms with E-state index in [4.69, 9.17) is 9.47 Å². The molecule has 2 aliphatic rings. The summed E-state index contributed by atoms with van der Waals surface area (Å²) in [6.45, 7) is 1.65. The van der Waals surface area contributed by atoms with Gasteiger partial charge in [0.1, 0.15) is 0 Å². The molecule has 1 saturated carbocycles. The molecule has 2 fully saturated rings. The Morgan fingerprint density at radius 2 is 1.94 bits per heavy atom. The Labute approximate surface area is 110 Å². The summed E-state index contributed by atoms with van der Waals surface area (Å²) >= 11 is 0. The number of hydrogen-bond donors (Lipinski definition) is 0. The SMILES string of the molecule is COC(=O)C1(C(C2CCOCC2)N(C)C)CCC1. The van der Waals surface area contributed by atoms with Crippen molar-refractivity contribution in [1.82, 2.24) is 4.90 Å². The van der Waals surface area contributed by atoms with E-state index in [0.29, 0.717) is 12.0 Å². The highest BCUT2D eigenvalue weighted by atomic mass is 16.5. The molecule has 1 saturated heterocycles. The molecular formula is C14H25NO3. The molecule has 18 heavy (non-hydrogen) atoms. The number of carbonyl (C=O) groups is 1. The number of nitrogens with zero attached hydrogens (tertiary/aromatic N) is 1. The summed E-state index contributed by atoms with van der Waals surface area (Å²) in [4.78, 5) is 14.5. The Balaban J connectivity index is 2.19. The number of rotatable bonds is 4. The van der Waals surface area contributed by atoms with Crippen molar-refractivity contribution in [3.63, 3.8) is 0 Å². The quantitative estimate of drug-likeness (QED) is 0.717. The molecule has 0 spiro atoms. The Hall–Kier alpha value is -0.610. The Kier molecular flexibility index (Phi) is 4.28. The van der Waals surface area contributed by atoms with Gasteiger partial charge >= 0.3 is 5.97 Å². The van der Waals surface area contributed by atoms with E-state index in [1.807, 2.05) is 0 Å². The van der Waals surface area contributed by atoms with Crippen molar-refractivity contribution < 1.29 is 14.3 Å². The average Bonchev–Trinajstić information content (AvgIpc) is 2.33. The minimum absolute atomic E-state index is 0.0149. The number of methoxy groups -OCH3 is 1. The van der Waals surface area contributed by atoms with Gasteiger partial charge in [0.25, 0.3) is 0 Å². The van der Waals surface area contributed by atoms with Crippen molar-refractivity contribution in [1.29, 1.82) is 0 Å². The van der Waals surface area contributed by atoms with Crippen molar-refractivity contribution in [3.05, 3.63) is 0 Å². The second-order valence-corrected chi connectivity index (χ2v) is 5.86. The van der Waals surface area contributed by atoms with Crippen LogP contribution in [0.5, 0.6) is 0 Å². The third kappa shape index (κ3) is 2.28. The summed E-state index contributed by atoms with van der Waals surface area (Å²) in [5.41, 5.74) is -0.264. The van der Waals surface area contributed by atoms with Crippen LogP contribution in [0.25, 0.3) is 0 Å². The predicted molar refractivity (Wildman–Crippen MR) is 69.3 cm³/mol. The Bertz CT molecular complexity index is 293. The smallest absolute Gasteiger partial charge is 0.313 e. The Morgan fingerprint density at radius 3 is 2.33 bits per heavy atom. The van der Waals surface area contributed by atoms with Crippen LogP contribution in [0.2, 0.25) is 0 Å². The van der Waals surface area contributed by atoms with E-state index in [1.165, 1.54) is 7.11 Å². The fraction of sp³-hybridized carbons (Fsp3) is 0.929. The molecule has 0 radical (unpaired) electrons. The summed E-state index contributed by atoms with van der Waals surface area (Å²) in [5, 5.41) is 0. The first kappa shape index (κ1) is 13.8. The summed E-state index contributed by atoms with van der Waals surface area (Å²) < 4.78 is 10.5. The zero-order valence-electron chi connectivity index (χ0n) is 11.8. The lowest BCUT2D eigenvalue weighted by Crippen LogP contribution is -2.58. The molecule has 4 nitrogen and oxygen atoms in total. The first-order chi connectivity index (χ1) is 8.62. The molecule has 0 N–H and O–H groups in total. The molecule has 1 aliphatic heterocycles. The van der Waals surface area contributed by atoms with Gasteiger partial charge in [-0.25, -0.2) is 0 Å². The lowest BCUT2D eigenvalue weighted by Gasteiger charge is -2.51. The highest BCUT2D eigenvalue weighted by Gasteiger charge is 2.54. The molecule has 0 aromatic heterocycles. The fourth-order valence-corrected chi connectivity index (χ4v) is 3.78. The van der Waals surface area contributed by atoms with Crippen LogP contribution in [0, 0.1) is 11.3 Å². The topological polar surface area (TPSA) is 38.8 Å². The molecule has 104 valence electrons. The van der Waals surface area contributed by atoms with Crippen LogP contribution >= 0.6 is 0 Å². The molecule has 4 heteroatoms. The van der Waals surface area contributed by atoms with Crippen LogP contribution in [-0.2, 0) is 14.3 Å². The maximum Gasteiger partial charge on any atom is 0.313 e. The molecule has 0 aromatic rings. The third-order valence-electron chi connectivity index (χ3n) is 4.67. The zero-order valence-corrected chi connectivity index (χ0v) is 11.8. The van der Waals surface area contributed by atoms with E-state index in [1.54, 1.807) is 0 Å². The van der Waals surface area contributed by atoms with Crippen LogP contribution in [0.3, 0.4) is 0 Å². The second kappa shape index (κ2) is 5.57. The van der Waals surface area contributed by atoms with Gasteiger partial charge in [-0.1, -0.05) is 6.42 Å². The van der Waals surface area contributed by atoms with Crippen LogP contribution in [0.1, 0.15) is 32.1 Å². The van der Waals surface area contributed by atoms with Gasteiger partial charge in [0.05, 0.1) is 12.5 Å². The highest BCUT2D eigenvalue weighted by molar-refractivity contribution is 5.78. The number of hydrogen-bond acceptors (Lipinski definition) is 4. The molecule has 1 heterocycles. The fourth-order valence-electron chi connectivity index (χ4n) is 3.78. The van der Waals surface area contributed by atoms with E-state index in [-0.39, 0.29) is 11.4 Å². The maximum absolute atomic E-state index is 12.2. The minimum Gasteiger partial charge on any atom is -0.469 e. The minimum atomic E-state index is -0.264. The summed E-state index contributed by atoms with van der Waals surface area (Å²) in [7, 11) is 5.69. The number of ether oxygens (including phenoxy) is 2.